The molecule has 0 aliphatic heterocycles. The molecule has 2 heterocycles. The summed E-state index contributed by atoms with van der Waals surface area (Å²) in [6.07, 6.45) is 5.30. The lowest BCUT2D eigenvalue weighted by Crippen LogP contribution is -2.02. The molecule has 0 aliphatic rings. The summed E-state index contributed by atoms with van der Waals surface area (Å²) in [5.74, 6) is 1.57. The van der Waals surface area contributed by atoms with E-state index in [9.17, 15) is 0 Å². The Balaban J connectivity index is 2.34. The Morgan fingerprint density at radius 3 is 2.65 bits per heavy atom. The molecular weight excluding hydrogens is 214 g/mol. The highest BCUT2D eigenvalue weighted by molar-refractivity contribution is 5.95. The van der Waals surface area contributed by atoms with Crippen molar-refractivity contribution in [3.63, 3.8) is 0 Å². The van der Waals surface area contributed by atoms with Crippen LogP contribution in [0.25, 0.3) is 16.6 Å². The number of aromatic nitrogens is 4. The standard InChI is InChI=1S/C12H11N5/c1-13-11-9-4-2-3-5-10(9)12(16-15-11)17-7-6-14-8-17/h2-8H,1H3,(H,13,15). The fourth-order valence-electron chi connectivity index (χ4n) is 1.85. The minimum atomic E-state index is 0.782. The van der Waals surface area contributed by atoms with E-state index in [0.717, 1.165) is 22.4 Å². The summed E-state index contributed by atoms with van der Waals surface area (Å²) in [5.41, 5.74) is 0. The van der Waals surface area contributed by atoms with Crippen molar-refractivity contribution in [1.29, 1.82) is 0 Å². The topological polar surface area (TPSA) is 55.6 Å². The van der Waals surface area contributed by atoms with Crippen LogP contribution in [0.3, 0.4) is 0 Å². The summed E-state index contributed by atoms with van der Waals surface area (Å²) in [5, 5.41) is 13.5. The van der Waals surface area contributed by atoms with E-state index in [1.165, 1.54) is 0 Å². The first kappa shape index (κ1) is 9.77. The van der Waals surface area contributed by atoms with Crippen LogP contribution < -0.4 is 5.32 Å². The predicted octanol–water partition coefficient (Wildman–Crippen LogP) is 1.86. The van der Waals surface area contributed by atoms with E-state index in [0.29, 0.717) is 0 Å². The van der Waals surface area contributed by atoms with Crippen LogP contribution in [-0.4, -0.2) is 26.8 Å². The monoisotopic (exact) mass is 225 g/mol. The van der Waals surface area contributed by atoms with Gasteiger partial charge in [0, 0.05) is 30.2 Å². The van der Waals surface area contributed by atoms with E-state index >= 15 is 0 Å². The summed E-state index contributed by atoms with van der Waals surface area (Å²) in [7, 11) is 1.84. The van der Waals surface area contributed by atoms with Gasteiger partial charge < -0.3 is 5.32 Å². The van der Waals surface area contributed by atoms with Crippen LogP contribution in [0.2, 0.25) is 0 Å². The van der Waals surface area contributed by atoms with Gasteiger partial charge >= 0.3 is 0 Å². The lowest BCUT2D eigenvalue weighted by atomic mass is 10.1. The van der Waals surface area contributed by atoms with Crippen molar-refractivity contribution < 1.29 is 0 Å². The van der Waals surface area contributed by atoms with Crippen LogP contribution in [0, 0.1) is 0 Å². The number of hydrogen-bond donors (Lipinski definition) is 1. The molecule has 84 valence electrons. The van der Waals surface area contributed by atoms with E-state index in [4.69, 9.17) is 0 Å². The molecule has 0 saturated carbocycles. The quantitative estimate of drug-likeness (QED) is 0.723. The zero-order chi connectivity index (χ0) is 11.7. The first-order valence-corrected chi connectivity index (χ1v) is 5.31. The van der Waals surface area contributed by atoms with Crippen molar-refractivity contribution >= 4 is 16.6 Å². The summed E-state index contributed by atoms with van der Waals surface area (Å²) in [6, 6.07) is 8.03. The van der Waals surface area contributed by atoms with Gasteiger partial charge in [0.2, 0.25) is 0 Å². The minimum Gasteiger partial charge on any atom is -0.371 e. The fraction of sp³-hybridized carbons (Fsp3) is 0.0833. The van der Waals surface area contributed by atoms with Gasteiger partial charge in [-0.25, -0.2) is 4.98 Å². The van der Waals surface area contributed by atoms with Crippen LogP contribution in [0.4, 0.5) is 5.82 Å². The van der Waals surface area contributed by atoms with E-state index < -0.39 is 0 Å². The zero-order valence-corrected chi connectivity index (χ0v) is 9.33. The van der Waals surface area contributed by atoms with Crippen LogP contribution in [0.1, 0.15) is 0 Å². The van der Waals surface area contributed by atoms with Crippen molar-refractivity contribution in [2.45, 2.75) is 0 Å². The molecule has 0 atom stereocenters. The molecule has 5 heteroatoms. The highest BCUT2D eigenvalue weighted by atomic mass is 15.2. The van der Waals surface area contributed by atoms with Crippen molar-refractivity contribution in [3.05, 3.63) is 43.0 Å². The third kappa shape index (κ3) is 1.52. The molecule has 1 aromatic carbocycles. The van der Waals surface area contributed by atoms with Gasteiger partial charge in [-0.05, 0) is 0 Å². The maximum atomic E-state index is 4.23. The molecule has 0 radical (unpaired) electrons. The molecule has 0 unspecified atom stereocenters. The number of imidazole rings is 1. The van der Waals surface area contributed by atoms with Gasteiger partial charge in [-0.3, -0.25) is 4.57 Å². The third-order valence-electron chi connectivity index (χ3n) is 2.65. The van der Waals surface area contributed by atoms with Crippen molar-refractivity contribution in [1.82, 2.24) is 19.7 Å². The summed E-state index contributed by atoms with van der Waals surface area (Å²) in [4.78, 5) is 4.03. The fourth-order valence-corrected chi connectivity index (χ4v) is 1.85. The van der Waals surface area contributed by atoms with Gasteiger partial charge in [0.15, 0.2) is 11.6 Å². The predicted molar refractivity (Wildman–Crippen MR) is 66.2 cm³/mol. The number of anilines is 1. The van der Waals surface area contributed by atoms with E-state index in [-0.39, 0.29) is 0 Å². The van der Waals surface area contributed by atoms with Crippen molar-refractivity contribution in [2.24, 2.45) is 0 Å². The molecule has 0 saturated heterocycles. The molecule has 0 fully saturated rings. The lowest BCUT2D eigenvalue weighted by Gasteiger charge is -2.08. The second kappa shape index (κ2) is 3.86. The number of fused-ring (bicyclic) bond motifs is 1. The molecule has 17 heavy (non-hydrogen) atoms. The van der Waals surface area contributed by atoms with E-state index in [2.05, 4.69) is 20.5 Å². The van der Waals surface area contributed by atoms with Gasteiger partial charge in [-0.2, -0.15) is 0 Å². The maximum absolute atomic E-state index is 4.23. The molecule has 1 N–H and O–H groups in total. The first-order chi connectivity index (χ1) is 8.40. The van der Waals surface area contributed by atoms with Crippen molar-refractivity contribution in [3.8, 4) is 5.82 Å². The Hall–Kier alpha value is -2.43. The SMILES string of the molecule is CNc1nnc(-n2ccnc2)c2ccccc12. The summed E-state index contributed by atoms with van der Waals surface area (Å²) < 4.78 is 1.86. The molecule has 2 aromatic heterocycles. The van der Waals surface area contributed by atoms with Gasteiger partial charge in [-0.1, -0.05) is 24.3 Å². The number of benzene rings is 1. The average Bonchev–Trinajstić information content (AvgIpc) is 2.91. The molecule has 0 amide bonds. The van der Waals surface area contributed by atoms with E-state index in [1.54, 1.807) is 12.5 Å². The molecule has 0 bridgehead atoms. The molecular formula is C12H11N5. The second-order valence-corrected chi connectivity index (χ2v) is 3.64. The maximum Gasteiger partial charge on any atom is 0.168 e. The summed E-state index contributed by atoms with van der Waals surface area (Å²) >= 11 is 0. The number of hydrogen-bond acceptors (Lipinski definition) is 4. The number of nitrogens with one attached hydrogen (secondary N) is 1. The molecule has 5 nitrogen and oxygen atoms in total. The van der Waals surface area contributed by atoms with Gasteiger partial charge in [0.05, 0.1) is 0 Å². The summed E-state index contributed by atoms with van der Waals surface area (Å²) in [6.45, 7) is 0. The zero-order valence-electron chi connectivity index (χ0n) is 9.33. The molecule has 3 rings (SSSR count). The van der Waals surface area contributed by atoms with Crippen molar-refractivity contribution in [2.75, 3.05) is 12.4 Å². The Bertz CT molecular complexity index is 645. The largest absolute Gasteiger partial charge is 0.371 e. The highest BCUT2D eigenvalue weighted by Crippen LogP contribution is 2.24. The Morgan fingerprint density at radius 2 is 1.94 bits per heavy atom. The molecule has 0 aliphatic carbocycles. The Labute approximate surface area is 98.1 Å². The van der Waals surface area contributed by atoms with Crippen LogP contribution in [-0.2, 0) is 0 Å². The van der Waals surface area contributed by atoms with Gasteiger partial charge in [0.25, 0.3) is 0 Å². The van der Waals surface area contributed by atoms with Crippen LogP contribution in [0.15, 0.2) is 43.0 Å². The minimum absolute atomic E-state index is 0.782. The second-order valence-electron chi connectivity index (χ2n) is 3.64. The van der Waals surface area contributed by atoms with Gasteiger partial charge in [-0.15, -0.1) is 10.2 Å². The average molecular weight is 225 g/mol. The number of rotatable bonds is 2. The lowest BCUT2D eigenvalue weighted by molar-refractivity contribution is 0.931. The first-order valence-electron chi connectivity index (χ1n) is 5.31. The van der Waals surface area contributed by atoms with Crippen LogP contribution in [0.5, 0.6) is 0 Å². The van der Waals surface area contributed by atoms with Crippen LogP contribution >= 0.6 is 0 Å². The number of nitrogens with zero attached hydrogens (tertiary/aromatic N) is 4. The smallest absolute Gasteiger partial charge is 0.168 e. The molecule has 3 aromatic rings. The Morgan fingerprint density at radius 1 is 1.12 bits per heavy atom. The third-order valence-corrected chi connectivity index (χ3v) is 2.65. The Kier molecular flexibility index (Phi) is 2.22. The highest BCUT2D eigenvalue weighted by Gasteiger charge is 2.08. The van der Waals surface area contributed by atoms with Gasteiger partial charge in [0.1, 0.15) is 6.33 Å². The van der Waals surface area contributed by atoms with E-state index in [1.807, 2.05) is 42.1 Å². The normalized spacial score (nSPS) is 10.6. The molecule has 0 spiro atoms.